The fourth-order valence-electron chi connectivity index (χ4n) is 2.78. The van der Waals surface area contributed by atoms with Gasteiger partial charge in [-0.1, -0.05) is 18.2 Å². The van der Waals surface area contributed by atoms with E-state index in [1.165, 1.54) is 5.56 Å². The van der Waals surface area contributed by atoms with E-state index in [1.807, 2.05) is 43.3 Å². The van der Waals surface area contributed by atoms with Crippen LogP contribution in [-0.4, -0.2) is 25.9 Å². The van der Waals surface area contributed by atoms with E-state index in [9.17, 15) is 0 Å². The summed E-state index contributed by atoms with van der Waals surface area (Å²) in [5.74, 6) is 1.78. The Balaban J connectivity index is 1.53. The van der Waals surface area contributed by atoms with Gasteiger partial charge in [0.15, 0.2) is 0 Å². The maximum atomic E-state index is 5.85. The molecule has 1 saturated heterocycles. The predicted octanol–water partition coefficient (Wildman–Crippen LogP) is 4.26. The van der Waals surface area contributed by atoms with Gasteiger partial charge in [0.1, 0.15) is 18.1 Å². The highest BCUT2D eigenvalue weighted by Gasteiger charge is 2.15. The van der Waals surface area contributed by atoms with Crippen LogP contribution in [0.4, 0.5) is 5.69 Å². The Morgan fingerprint density at radius 2 is 1.92 bits per heavy atom. The molecule has 1 fully saturated rings. The van der Waals surface area contributed by atoms with Gasteiger partial charge >= 0.3 is 0 Å². The highest BCUT2D eigenvalue weighted by Crippen LogP contribution is 2.21. The molecule has 0 saturated carbocycles. The molecule has 4 heteroatoms. The molecular weight excluding hydrogens is 302 g/mol. The fourth-order valence-corrected chi connectivity index (χ4v) is 2.78. The van der Waals surface area contributed by atoms with Crippen molar-refractivity contribution in [1.29, 1.82) is 0 Å². The highest BCUT2D eigenvalue weighted by molar-refractivity contribution is 5.48. The second kappa shape index (κ2) is 8.60. The molecule has 0 amide bonds. The molecule has 1 N–H and O–H groups in total. The smallest absolute Gasteiger partial charge is 0.121 e. The molecule has 0 aliphatic carbocycles. The second-order valence-corrected chi connectivity index (χ2v) is 5.91. The van der Waals surface area contributed by atoms with Crippen molar-refractivity contribution in [2.45, 2.75) is 32.4 Å². The summed E-state index contributed by atoms with van der Waals surface area (Å²) < 4.78 is 17.0. The first kappa shape index (κ1) is 16.7. The molecule has 2 aromatic carbocycles. The first-order valence-electron chi connectivity index (χ1n) is 8.63. The molecule has 1 heterocycles. The lowest BCUT2D eigenvalue weighted by Crippen LogP contribution is -2.16. The summed E-state index contributed by atoms with van der Waals surface area (Å²) in [5.41, 5.74) is 2.23. The van der Waals surface area contributed by atoms with Crippen LogP contribution in [0.1, 0.15) is 25.3 Å². The molecule has 0 bridgehead atoms. The monoisotopic (exact) mass is 327 g/mol. The van der Waals surface area contributed by atoms with Crippen LogP contribution in [0.2, 0.25) is 0 Å². The van der Waals surface area contributed by atoms with Crippen molar-refractivity contribution in [2.75, 3.05) is 25.1 Å². The van der Waals surface area contributed by atoms with Gasteiger partial charge in [-0.05, 0) is 49.6 Å². The lowest BCUT2D eigenvalue weighted by atomic mass is 10.2. The van der Waals surface area contributed by atoms with Crippen molar-refractivity contribution in [3.63, 3.8) is 0 Å². The largest absolute Gasteiger partial charge is 0.494 e. The number of benzene rings is 2. The van der Waals surface area contributed by atoms with Crippen molar-refractivity contribution in [3.05, 3.63) is 54.1 Å². The highest BCUT2D eigenvalue weighted by atomic mass is 16.5. The number of hydrogen-bond acceptors (Lipinski definition) is 4. The summed E-state index contributed by atoms with van der Waals surface area (Å²) in [6.45, 7) is 4.90. The molecule has 4 nitrogen and oxygen atoms in total. The Bertz CT molecular complexity index is 638. The minimum Gasteiger partial charge on any atom is -0.494 e. The van der Waals surface area contributed by atoms with Crippen LogP contribution in [0, 0.1) is 0 Å². The van der Waals surface area contributed by atoms with Crippen molar-refractivity contribution in [2.24, 2.45) is 0 Å². The van der Waals surface area contributed by atoms with Crippen LogP contribution in [0.5, 0.6) is 11.5 Å². The molecule has 0 unspecified atom stereocenters. The quantitative estimate of drug-likeness (QED) is 0.786. The summed E-state index contributed by atoms with van der Waals surface area (Å²) in [5, 5.41) is 3.43. The van der Waals surface area contributed by atoms with E-state index < -0.39 is 0 Å². The zero-order valence-electron chi connectivity index (χ0n) is 14.2. The standard InChI is InChI=1S/C20H25NO3/c1-2-22-18-8-3-6-16(12-18)14-21-17-7-4-9-19(13-17)24-15-20-10-5-11-23-20/h3-4,6-9,12-13,20-21H,2,5,10-11,14-15H2,1H3/t20-/m1/s1. The van der Waals surface area contributed by atoms with E-state index in [0.29, 0.717) is 13.2 Å². The van der Waals surface area contributed by atoms with E-state index in [1.54, 1.807) is 0 Å². The summed E-state index contributed by atoms with van der Waals surface area (Å²) in [6.07, 6.45) is 2.47. The first-order chi connectivity index (χ1) is 11.8. The van der Waals surface area contributed by atoms with Gasteiger partial charge in [-0.25, -0.2) is 0 Å². The Labute approximate surface area is 143 Å². The van der Waals surface area contributed by atoms with Crippen LogP contribution in [0.15, 0.2) is 48.5 Å². The van der Waals surface area contributed by atoms with Gasteiger partial charge in [0, 0.05) is 24.9 Å². The third-order valence-corrected chi connectivity index (χ3v) is 4.00. The predicted molar refractivity (Wildman–Crippen MR) is 95.8 cm³/mol. The van der Waals surface area contributed by atoms with Crippen LogP contribution < -0.4 is 14.8 Å². The summed E-state index contributed by atoms with van der Waals surface area (Å²) in [6, 6.07) is 16.2. The van der Waals surface area contributed by atoms with Crippen molar-refractivity contribution < 1.29 is 14.2 Å². The lowest BCUT2D eigenvalue weighted by molar-refractivity contribution is 0.0680. The van der Waals surface area contributed by atoms with E-state index in [0.717, 1.165) is 43.2 Å². The maximum absolute atomic E-state index is 5.85. The number of anilines is 1. The van der Waals surface area contributed by atoms with Gasteiger partial charge in [-0.15, -0.1) is 0 Å². The zero-order chi connectivity index (χ0) is 16.6. The molecule has 1 aliphatic heterocycles. The van der Waals surface area contributed by atoms with Gasteiger partial charge < -0.3 is 19.5 Å². The third-order valence-electron chi connectivity index (χ3n) is 4.00. The summed E-state index contributed by atoms with van der Waals surface area (Å²) >= 11 is 0. The van der Waals surface area contributed by atoms with Crippen molar-refractivity contribution in [1.82, 2.24) is 0 Å². The molecule has 3 rings (SSSR count). The van der Waals surface area contributed by atoms with Gasteiger partial charge in [-0.3, -0.25) is 0 Å². The second-order valence-electron chi connectivity index (χ2n) is 5.91. The molecule has 0 radical (unpaired) electrons. The van der Waals surface area contributed by atoms with Crippen molar-refractivity contribution in [3.8, 4) is 11.5 Å². The Kier molecular flexibility index (Phi) is 5.96. The van der Waals surface area contributed by atoms with Crippen LogP contribution >= 0.6 is 0 Å². The zero-order valence-corrected chi connectivity index (χ0v) is 14.2. The van der Waals surface area contributed by atoms with E-state index in [2.05, 4.69) is 17.4 Å². The summed E-state index contributed by atoms with van der Waals surface area (Å²) in [7, 11) is 0. The molecule has 1 aliphatic rings. The lowest BCUT2D eigenvalue weighted by Gasteiger charge is -2.13. The Morgan fingerprint density at radius 1 is 1.08 bits per heavy atom. The van der Waals surface area contributed by atoms with E-state index >= 15 is 0 Å². The van der Waals surface area contributed by atoms with Crippen molar-refractivity contribution >= 4 is 5.69 Å². The van der Waals surface area contributed by atoms with Gasteiger partial charge in [0.05, 0.1) is 12.7 Å². The molecule has 0 aromatic heterocycles. The minimum atomic E-state index is 0.239. The fraction of sp³-hybridized carbons (Fsp3) is 0.400. The SMILES string of the molecule is CCOc1cccc(CNc2cccc(OC[C@H]3CCCO3)c2)c1. The number of ether oxygens (including phenoxy) is 3. The first-order valence-corrected chi connectivity index (χ1v) is 8.63. The normalized spacial score (nSPS) is 16.8. The molecule has 24 heavy (non-hydrogen) atoms. The van der Waals surface area contributed by atoms with Crippen LogP contribution in [0.3, 0.4) is 0 Å². The molecule has 2 aromatic rings. The van der Waals surface area contributed by atoms with Crippen LogP contribution in [-0.2, 0) is 11.3 Å². The average Bonchev–Trinajstić information content (AvgIpc) is 3.13. The van der Waals surface area contributed by atoms with Gasteiger partial charge in [0.2, 0.25) is 0 Å². The van der Waals surface area contributed by atoms with Gasteiger partial charge in [-0.2, -0.15) is 0 Å². The van der Waals surface area contributed by atoms with E-state index in [-0.39, 0.29) is 6.10 Å². The maximum Gasteiger partial charge on any atom is 0.121 e. The topological polar surface area (TPSA) is 39.7 Å². The number of hydrogen-bond donors (Lipinski definition) is 1. The molecular formula is C20H25NO3. The molecule has 1 atom stereocenters. The minimum absolute atomic E-state index is 0.239. The average molecular weight is 327 g/mol. The Morgan fingerprint density at radius 3 is 2.71 bits per heavy atom. The Hall–Kier alpha value is -2.20. The molecule has 128 valence electrons. The third kappa shape index (κ3) is 4.90. The number of nitrogens with one attached hydrogen (secondary N) is 1. The molecule has 0 spiro atoms. The number of rotatable bonds is 8. The van der Waals surface area contributed by atoms with E-state index in [4.69, 9.17) is 14.2 Å². The van der Waals surface area contributed by atoms with Gasteiger partial charge in [0.25, 0.3) is 0 Å². The van der Waals surface area contributed by atoms with Crippen LogP contribution in [0.25, 0.3) is 0 Å². The summed E-state index contributed by atoms with van der Waals surface area (Å²) in [4.78, 5) is 0.